The van der Waals surface area contributed by atoms with Crippen LogP contribution in [0.5, 0.6) is 0 Å². The van der Waals surface area contributed by atoms with Crippen LogP contribution in [-0.4, -0.2) is 17.9 Å². The molecule has 0 radical (unpaired) electrons. The molecule has 0 heterocycles. The third-order valence-electron chi connectivity index (χ3n) is 3.70. The van der Waals surface area contributed by atoms with Crippen LogP contribution in [0.2, 0.25) is 0 Å². The summed E-state index contributed by atoms with van der Waals surface area (Å²) in [6.45, 7) is 0. The van der Waals surface area contributed by atoms with Gasteiger partial charge in [-0.1, -0.05) is 22.4 Å². The third kappa shape index (κ3) is 5.87. The van der Waals surface area contributed by atoms with Gasteiger partial charge in [0.25, 0.3) is 0 Å². The van der Waals surface area contributed by atoms with Crippen LogP contribution in [0.1, 0.15) is 25.7 Å². The highest BCUT2D eigenvalue weighted by Crippen LogP contribution is 2.23. The molecule has 1 aliphatic carbocycles. The van der Waals surface area contributed by atoms with E-state index >= 15 is 0 Å². The average Bonchev–Trinajstić information content (AvgIpc) is 2.55. The van der Waals surface area contributed by atoms with Crippen LogP contribution in [0.25, 0.3) is 0 Å². The number of hydrogen-bond donors (Lipinski definition) is 2. The van der Waals surface area contributed by atoms with Crippen molar-refractivity contribution >= 4 is 33.4 Å². The van der Waals surface area contributed by atoms with E-state index in [1.54, 1.807) is 12.1 Å². The van der Waals surface area contributed by atoms with Crippen LogP contribution < -0.4 is 10.6 Å². The number of nitrogens with zero attached hydrogens (tertiary/aromatic N) is 1. The molecule has 1 aromatic carbocycles. The molecular formula is C17H18BrN3O2. The summed E-state index contributed by atoms with van der Waals surface area (Å²) in [5, 5.41) is 14.5. The number of nitriles is 1. The first-order chi connectivity index (χ1) is 11.1. The van der Waals surface area contributed by atoms with Gasteiger partial charge in [0.2, 0.25) is 11.8 Å². The van der Waals surface area contributed by atoms with E-state index in [-0.39, 0.29) is 23.8 Å². The van der Waals surface area contributed by atoms with Crippen molar-refractivity contribution < 1.29 is 9.59 Å². The molecule has 1 aliphatic rings. The smallest absolute Gasteiger partial charge is 0.248 e. The van der Waals surface area contributed by atoms with E-state index in [4.69, 9.17) is 5.26 Å². The Balaban J connectivity index is 1.80. The van der Waals surface area contributed by atoms with E-state index in [1.807, 2.05) is 12.1 Å². The Labute approximate surface area is 143 Å². The van der Waals surface area contributed by atoms with E-state index in [0.717, 1.165) is 23.7 Å². The maximum atomic E-state index is 11.8. The van der Waals surface area contributed by atoms with Gasteiger partial charge in [-0.25, -0.2) is 0 Å². The first-order valence-corrected chi connectivity index (χ1v) is 8.31. The van der Waals surface area contributed by atoms with Crippen LogP contribution in [-0.2, 0) is 9.59 Å². The lowest BCUT2D eigenvalue weighted by Crippen LogP contribution is -2.37. The maximum Gasteiger partial charge on any atom is 0.248 e. The highest BCUT2D eigenvalue weighted by molar-refractivity contribution is 9.10. The zero-order chi connectivity index (χ0) is 16.7. The molecule has 0 saturated heterocycles. The second-order valence-corrected chi connectivity index (χ2v) is 6.44. The standard InChI is InChI=1S/C17H18BrN3O2/c18-13-4-6-14(7-5-13)20-16(22)8-9-17(23)21-15-3-1-2-12(10-15)11-19/h4-9,12,15H,1-3,10H2,(H,20,22)(H,21,23). The van der Waals surface area contributed by atoms with Gasteiger partial charge in [0, 0.05) is 34.3 Å². The molecule has 0 bridgehead atoms. The second-order valence-electron chi connectivity index (χ2n) is 5.53. The summed E-state index contributed by atoms with van der Waals surface area (Å²) in [5.74, 6) is -0.653. The molecule has 0 aromatic heterocycles. The van der Waals surface area contributed by atoms with Crippen LogP contribution in [0, 0.1) is 17.2 Å². The van der Waals surface area contributed by atoms with Gasteiger partial charge in [-0.05, 0) is 43.5 Å². The first kappa shape index (κ1) is 17.2. The Bertz CT molecular complexity index is 634. The molecular weight excluding hydrogens is 358 g/mol. The average molecular weight is 376 g/mol. The summed E-state index contributed by atoms with van der Waals surface area (Å²) < 4.78 is 0.925. The zero-order valence-electron chi connectivity index (χ0n) is 12.6. The van der Waals surface area contributed by atoms with Crippen molar-refractivity contribution in [3.8, 4) is 6.07 Å². The molecule has 2 N–H and O–H groups in total. The van der Waals surface area contributed by atoms with Crippen LogP contribution in [0.15, 0.2) is 40.9 Å². The van der Waals surface area contributed by atoms with Gasteiger partial charge in [-0.3, -0.25) is 9.59 Å². The highest BCUT2D eigenvalue weighted by atomic mass is 79.9. The minimum atomic E-state index is -0.360. The second kappa shape index (κ2) is 8.49. The third-order valence-corrected chi connectivity index (χ3v) is 4.23. The molecule has 120 valence electrons. The summed E-state index contributed by atoms with van der Waals surface area (Å²) in [7, 11) is 0. The normalized spacial score (nSPS) is 20.7. The predicted octanol–water partition coefficient (Wildman–Crippen LogP) is 3.14. The van der Waals surface area contributed by atoms with Gasteiger partial charge < -0.3 is 10.6 Å². The van der Waals surface area contributed by atoms with Crippen molar-refractivity contribution in [3.63, 3.8) is 0 Å². The minimum absolute atomic E-state index is 0.0127. The number of hydrogen-bond acceptors (Lipinski definition) is 3. The number of rotatable bonds is 4. The quantitative estimate of drug-likeness (QED) is 0.792. The van der Waals surface area contributed by atoms with E-state index in [1.165, 1.54) is 12.2 Å². The first-order valence-electron chi connectivity index (χ1n) is 7.51. The van der Waals surface area contributed by atoms with Gasteiger partial charge in [0.05, 0.1) is 6.07 Å². The summed E-state index contributed by atoms with van der Waals surface area (Å²) in [6, 6.07) is 9.43. The topological polar surface area (TPSA) is 82.0 Å². The van der Waals surface area contributed by atoms with Crippen molar-refractivity contribution in [2.24, 2.45) is 5.92 Å². The zero-order valence-corrected chi connectivity index (χ0v) is 14.2. The van der Waals surface area contributed by atoms with Crippen molar-refractivity contribution in [2.75, 3.05) is 5.32 Å². The molecule has 1 saturated carbocycles. The molecule has 1 aromatic rings. The Morgan fingerprint density at radius 2 is 1.87 bits per heavy atom. The van der Waals surface area contributed by atoms with Crippen molar-refractivity contribution in [1.82, 2.24) is 5.32 Å². The SMILES string of the molecule is N#CC1CCCC(NC(=O)C=CC(=O)Nc2ccc(Br)cc2)C1. The number of nitrogens with one attached hydrogen (secondary N) is 2. The fraction of sp³-hybridized carbons (Fsp3) is 0.353. The molecule has 1 fully saturated rings. The van der Waals surface area contributed by atoms with Crippen LogP contribution >= 0.6 is 15.9 Å². The monoisotopic (exact) mass is 375 g/mol. The van der Waals surface area contributed by atoms with Gasteiger partial charge in [0.15, 0.2) is 0 Å². The number of amides is 2. The molecule has 23 heavy (non-hydrogen) atoms. The molecule has 0 spiro atoms. The van der Waals surface area contributed by atoms with Gasteiger partial charge in [-0.15, -0.1) is 0 Å². The van der Waals surface area contributed by atoms with Crippen molar-refractivity contribution in [2.45, 2.75) is 31.7 Å². The van der Waals surface area contributed by atoms with Gasteiger partial charge >= 0.3 is 0 Å². The lowest BCUT2D eigenvalue weighted by atomic mass is 9.87. The molecule has 6 heteroatoms. The molecule has 2 rings (SSSR count). The minimum Gasteiger partial charge on any atom is -0.350 e. The van der Waals surface area contributed by atoms with Crippen molar-refractivity contribution in [1.29, 1.82) is 5.26 Å². The Morgan fingerprint density at radius 1 is 1.17 bits per heavy atom. The van der Waals surface area contributed by atoms with E-state index in [2.05, 4.69) is 32.6 Å². The highest BCUT2D eigenvalue weighted by Gasteiger charge is 2.22. The van der Waals surface area contributed by atoms with Gasteiger partial charge in [-0.2, -0.15) is 5.26 Å². The lowest BCUT2D eigenvalue weighted by molar-refractivity contribution is -0.118. The number of anilines is 1. The van der Waals surface area contributed by atoms with Crippen LogP contribution in [0.3, 0.4) is 0 Å². The largest absolute Gasteiger partial charge is 0.350 e. The number of carbonyl (C=O) groups is 2. The predicted molar refractivity (Wildman–Crippen MR) is 91.4 cm³/mol. The molecule has 0 aliphatic heterocycles. The Kier molecular flexibility index (Phi) is 6.36. The lowest BCUT2D eigenvalue weighted by Gasteiger charge is -2.25. The summed E-state index contributed by atoms with van der Waals surface area (Å²) in [4.78, 5) is 23.6. The summed E-state index contributed by atoms with van der Waals surface area (Å²) in [5.41, 5.74) is 0.660. The number of carbonyl (C=O) groups excluding carboxylic acids is 2. The van der Waals surface area contributed by atoms with E-state index in [9.17, 15) is 9.59 Å². The number of halogens is 1. The number of benzene rings is 1. The van der Waals surface area contributed by atoms with Crippen LogP contribution in [0.4, 0.5) is 5.69 Å². The molecule has 2 amide bonds. The van der Waals surface area contributed by atoms with E-state index < -0.39 is 0 Å². The van der Waals surface area contributed by atoms with Gasteiger partial charge in [0.1, 0.15) is 0 Å². The fourth-order valence-corrected chi connectivity index (χ4v) is 2.82. The van der Waals surface area contributed by atoms with Crippen molar-refractivity contribution in [3.05, 3.63) is 40.9 Å². The Hall–Kier alpha value is -2.13. The fourth-order valence-electron chi connectivity index (χ4n) is 2.56. The van der Waals surface area contributed by atoms with E-state index in [0.29, 0.717) is 12.1 Å². The summed E-state index contributed by atoms with van der Waals surface area (Å²) in [6.07, 6.45) is 5.83. The molecule has 5 nitrogen and oxygen atoms in total. The summed E-state index contributed by atoms with van der Waals surface area (Å²) >= 11 is 3.32. The maximum absolute atomic E-state index is 11.8. The molecule has 2 atom stereocenters. The Morgan fingerprint density at radius 3 is 2.57 bits per heavy atom. The molecule has 2 unspecified atom stereocenters.